The zero-order valence-corrected chi connectivity index (χ0v) is 10.6. The van der Waals surface area contributed by atoms with E-state index >= 15 is 0 Å². The number of carbonyl (C=O) groups excluding carboxylic acids is 1. The third kappa shape index (κ3) is 2.13. The van der Waals surface area contributed by atoms with Gasteiger partial charge in [0.25, 0.3) is 0 Å². The standard InChI is InChI=1S/C16H16N2O/c17-14-10-11-18(16(14)19)15-9-5-4-8-13(15)12-6-2-1-3-7-12/h1-9,14H,10-11,17H2. The van der Waals surface area contributed by atoms with Crippen LogP contribution in [-0.4, -0.2) is 18.5 Å². The first-order chi connectivity index (χ1) is 9.27. The van der Waals surface area contributed by atoms with Crippen LogP contribution in [0.3, 0.4) is 0 Å². The second-order valence-electron chi connectivity index (χ2n) is 4.77. The summed E-state index contributed by atoms with van der Waals surface area (Å²) in [4.78, 5) is 13.9. The van der Waals surface area contributed by atoms with Crippen LogP contribution >= 0.6 is 0 Å². The number of benzene rings is 2. The minimum absolute atomic E-state index is 0.0170. The van der Waals surface area contributed by atoms with Crippen molar-refractivity contribution >= 4 is 11.6 Å². The number of amides is 1. The highest BCUT2D eigenvalue weighted by atomic mass is 16.2. The number of hydrogen-bond acceptors (Lipinski definition) is 2. The van der Waals surface area contributed by atoms with Crippen molar-refractivity contribution in [1.82, 2.24) is 0 Å². The quantitative estimate of drug-likeness (QED) is 0.892. The molecule has 0 aliphatic carbocycles. The van der Waals surface area contributed by atoms with Gasteiger partial charge in [0.15, 0.2) is 0 Å². The molecule has 3 nitrogen and oxygen atoms in total. The Morgan fingerprint density at radius 1 is 1.00 bits per heavy atom. The molecule has 2 N–H and O–H groups in total. The molecule has 3 rings (SSSR count). The molecule has 1 saturated heterocycles. The highest BCUT2D eigenvalue weighted by Crippen LogP contribution is 2.32. The summed E-state index contributed by atoms with van der Waals surface area (Å²) in [5, 5.41) is 0. The highest BCUT2D eigenvalue weighted by Gasteiger charge is 2.30. The van der Waals surface area contributed by atoms with Gasteiger partial charge in [-0.25, -0.2) is 0 Å². The van der Waals surface area contributed by atoms with E-state index in [2.05, 4.69) is 12.1 Å². The molecule has 2 aromatic carbocycles. The molecule has 0 bridgehead atoms. The van der Waals surface area contributed by atoms with Crippen molar-refractivity contribution in [2.24, 2.45) is 5.73 Å². The van der Waals surface area contributed by atoms with E-state index in [-0.39, 0.29) is 11.9 Å². The molecule has 3 heteroatoms. The van der Waals surface area contributed by atoms with Gasteiger partial charge in [-0.15, -0.1) is 0 Å². The molecule has 1 fully saturated rings. The van der Waals surface area contributed by atoms with Crippen LogP contribution in [0.1, 0.15) is 6.42 Å². The first-order valence-electron chi connectivity index (χ1n) is 6.49. The van der Waals surface area contributed by atoms with Gasteiger partial charge in [0.05, 0.1) is 11.7 Å². The summed E-state index contributed by atoms with van der Waals surface area (Å²) >= 11 is 0. The predicted molar refractivity (Wildman–Crippen MR) is 76.8 cm³/mol. The van der Waals surface area contributed by atoms with Crippen molar-refractivity contribution in [2.75, 3.05) is 11.4 Å². The maximum Gasteiger partial charge on any atom is 0.243 e. The van der Waals surface area contributed by atoms with E-state index in [1.165, 1.54) is 0 Å². The zero-order valence-electron chi connectivity index (χ0n) is 10.6. The van der Waals surface area contributed by atoms with Crippen LogP contribution in [0.2, 0.25) is 0 Å². The molecule has 0 saturated carbocycles. The zero-order chi connectivity index (χ0) is 13.2. The van der Waals surface area contributed by atoms with Gasteiger partial charge in [0.2, 0.25) is 5.91 Å². The number of hydrogen-bond donors (Lipinski definition) is 1. The molecule has 1 unspecified atom stereocenters. The van der Waals surface area contributed by atoms with E-state index in [1.54, 1.807) is 4.90 Å². The molecular formula is C16H16N2O. The monoisotopic (exact) mass is 252 g/mol. The molecule has 96 valence electrons. The van der Waals surface area contributed by atoms with Gasteiger partial charge >= 0.3 is 0 Å². The van der Waals surface area contributed by atoms with Crippen molar-refractivity contribution in [3.63, 3.8) is 0 Å². The van der Waals surface area contributed by atoms with Crippen molar-refractivity contribution in [2.45, 2.75) is 12.5 Å². The van der Waals surface area contributed by atoms with E-state index in [0.29, 0.717) is 6.54 Å². The van der Waals surface area contributed by atoms with Crippen molar-refractivity contribution in [3.05, 3.63) is 54.6 Å². The Morgan fingerprint density at radius 2 is 1.68 bits per heavy atom. The molecule has 0 aromatic heterocycles. The maximum absolute atomic E-state index is 12.1. The van der Waals surface area contributed by atoms with E-state index in [4.69, 9.17) is 5.73 Å². The number of nitrogens with two attached hydrogens (primary N) is 1. The summed E-state index contributed by atoms with van der Waals surface area (Å²) < 4.78 is 0. The number of anilines is 1. The average molecular weight is 252 g/mol. The Morgan fingerprint density at radius 3 is 2.37 bits per heavy atom. The first-order valence-corrected chi connectivity index (χ1v) is 6.49. The molecule has 2 aromatic rings. The van der Waals surface area contributed by atoms with Gasteiger partial charge in [-0.05, 0) is 18.1 Å². The Hall–Kier alpha value is -2.13. The summed E-state index contributed by atoms with van der Waals surface area (Å²) in [7, 11) is 0. The Kier molecular flexibility index (Phi) is 3.05. The lowest BCUT2D eigenvalue weighted by molar-refractivity contribution is -0.118. The Labute approximate surface area is 112 Å². The molecule has 1 atom stereocenters. The van der Waals surface area contributed by atoms with Gasteiger partial charge in [0.1, 0.15) is 0 Å². The van der Waals surface area contributed by atoms with Crippen molar-refractivity contribution in [1.29, 1.82) is 0 Å². The number of rotatable bonds is 2. The molecule has 1 heterocycles. The molecule has 19 heavy (non-hydrogen) atoms. The smallest absolute Gasteiger partial charge is 0.243 e. The van der Waals surface area contributed by atoms with E-state index in [0.717, 1.165) is 23.2 Å². The van der Waals surface area contributed by atoms with Gasteiger partial charge in [-0.3, -0.25) is 4.79 Å². The summed E-state index contributed by atoms with van der Waals surface area (Å²) in [5.74, 6) is 0.0170. The van der Waals surface area contributed by atoms with Gasteiger partial charge in [-0.2, -0.15) is 0 Å². The Bertz CT molecular complexity index is 595. The summed E-state index contributed by atoms with van der Waals surface area (Å²) in [5.41, 5.74) is 8.95. The lowest BCUT2D eigenvalue weighted by Gasteiger charge is -2.20. The molecule has 0 spiro atoms. The second-order valence-corrected chi connectivity index (χ2v) is 4.77. The van der Waals surface area contributed by atoms with Crippen LogP contribution < -0.4 is 10.6 Å². The summed E-state index contributed by atoms with van der Waals surface area (Å²) in [6.45, 7) is 0.698. The Balaban J connectivity index is 2.06. The van der Waals surface area contributed by atoms with Crippen LogP contribution in [0, 0.1) is 0 Å². The maximum atomic E-state index is 12.1. The van der Waals surface area contributed by atoms with Gasteiger partial charge in [-0.1, -0.05) is 48.5 Å². The fourth-order valence-corrected chi connectivity index (χ4v) is 2.51. The number of carbonyl (C=O) groups is 1. The van der Waals surface area contributed by atoms with Crippen molar-refractivity contribution < 1.29 is 4.79 Å². The van der Waals surface area contributed by atoms with Crippen LogP contribution in [0.4, 0.5) is 5.69 Å². The molecule has 1 aliphatic rings. The lowest BCUT2D eigenvalue weighted by Crippen LogP contribution is -2.34. The minimum atomic E-state index is -0.358. The van der Waals surface area contributed by atoms with Gasteiger partial charge < -0.3 is 10.6 Å². The second kappa shape index (κ2) is 4.86. The van der Waals surface area contributed by atoms with Crippen molar-refractivity contribution in [3.8, 4) is 11.1 Å². The third-order valence-electron chi connectivity index (χ3n) is 3.53. The van der Waals surface area contributed by atoms with E-state index in [9.17, 15) is 4.79 Å². The normalized spacial score (nSPS) is 18.9. The minimum Gasteiger partial charge on any atom is -0.320 e. The van der Waals surface area contributed by atoms with Crippen LogP contribution in [0.25, 0.3) is 11.1 Å². The summed E-state index contributed by atoms with van der Waals surface area (Å²) in [6, 6.07) is 17.7. The SMILES string of the molecule is NC1CCN(c2ccccc2-c2ccccc2)C1=O. The van der Waals surface area contributed by atoms with Crippen LogP contribution in [0.5, 0.6) is 0 Å². The van der Waals surface area contributed by atoms with E-state index in [1.807, 2.05) is 42.5 Å². The predicted octanol–water partition coefficient (Wildman–Crippen LogP) is 2.42. The topological polar surface area (TPSA) is 46.3 Å². The fourth-order valence-electron chi connectivity index (χ4n) is 2.51. The van der Waals surface area contributed by atoms with E-state index < -0.39 is 0 Å². The van der Waals surface area contributed by atoms with Gasteiger partial charge in [0, 0.05) is 12.1 Å². The molecular weight excluding hydrogens is 236 g/mol. The van der Waals surface area contributed by atoms with Crippen LogP contribution in [0.15, 0.2) is 54.6 Å². The highest BCUT2D eigenvalue weighted by molar-refractivity contribution is 6.02. The van der Waals surface area contributed by atoms with Crippen LogP contribution in [-0.2, 0) is 4.79 Å². The molecule has 1 aliphatic heterocycles. The number of para-hydroxylation sites is 1. The lowest BCUT2D eigenvalue weighted by atomic mass is 10.0. The average Bonchev–Trinajstić information content (AvgIpc) is 2.80. The largest absolute Gasteiger partial charge is 0.320 e. The molecule has 1 amide bonds. The first kappa shape index (κ1) is 11.9. The summed E-state index contributed by atoms with van der Waals surface area (Å²) in [6.07, 6.45) is 0.724. The fraction of sp³-hybridized carbons (Fsp3) is 0.188. The third-order valence-corrected chi connectivity index (χ3v) is 3.53. The molecule has 0 radical (unpaired) electrons. The number of nitrogens with zero attached hydrogens (tertiary/aromatic N) is 1.